The van der Waals surface area contributed by atoms with Gasteiger partial charge in [0.15, 0.2) is 0 Å². The van der Waals surface area contributed by atoms with Crippen LogP contribution >= 0.6 is 0 Å². The van der Waals surface area contributed by atoms with Gasteiger partial charge in [-0.1, -0.05) is 18.2 Å². The molecule has 1 unspecified atom stereocenters. The number of hydrogen-bond donors (Lipinski definition) is 2. The highest BCUT2D eigenvalue weighted by atomic mass is 16.5. The number of benzene rings is 1. The zero-order valence-electron chi connectivity index (χ0n) is 12.0. The van der Waals surface area contributed by atoms with Crippen molar-refractivity contribution in [2.24, 2.45) is 5.41 Å². The summed E-state index contributed by atoms with van der Waals surface area (Å²) in [6.07, 6.45) is 3.39. The third kappa shape index (κ3) is 3.71. The molecule has 2 N–H and O–H groups in total. The van der Waals surface area contributed by atoms with Crippen LogP contribution in [0.1, 0.15) is 44.7 Å². The summed E-state index contributed by atoms with van der Waals surface area (Å²) >= 11 is 0. The number of nitrogens with one attached hydrogen (secondary N) is 1. The molecule has 0 aromatic heterocycles. The third-order valence-corrected chi connectivity index (χ3v) is 4.07. The molecule has 0 bridgehead atoms. The number of ether oxygens (including phenoxy) is 1. The lowest BCUT2D eigenvalue weighted by atomic mass is 10.0. The van der Waals surface area contributed by atoms with Crippen LogP contribution in [0.25, 0.3) is 0 Å². The standard InChI is InChI=1S/C16H25NO2/c1-3-19-15-7-5-4-6-14(15)13(2)17-12-16(8-9-16)10-11-18/h4-7,13,17-18H,3,8-12H2,1-2H3. The van der Waals surface area contributed by atoms with Gasteiger partial charge in [-0.2, -0.15) is 0 Å². The molecule has 1 saturated carbocycles. The van der Waals surface area contributed by atoms with E-state index >= 15 is 0 Å². The summed E-state index contributed by atoms with van der Waals surface area (Å²) in [7, 11) is 0. The lowest BCUT2D eigenvalue weighted by Gasteiger charge is -2.21. The van der Waals surface area contributed by atoms with E-state index in [1.807, 2.05) is 19.1 Å². The molecule has 2 rings (SSSR count). The van der Waals surface area contributed by atoms with E-state index < -0.39 is 0 Å². The van der Waals surface area contributed by atoms with Gasteiger partial charge in [-0.15, -0.1) is 0 Å². The van der Waals surface area contributed by atoms with Crippen molar-refractivity contribution in [2.45, 2.75) is 39.2 Å². The highest BCUT2D eigenvalue weighted by Gasteiger charge is 2.41. The van der Waals surface area contributed by atoms with Crippen LogP contribution in [0.2, 0.25) is 0 Å². The minimum Gasteiger partial charge on any atom is -0.494 e. The Morgan fingerprint density at radius 3 is 2.74 bits per heavy atom. The molecule has 19 heavy (non-hydrogen) atoms. The lowest BCUT2D eigenvalue weighted by molar-refractivity contribution is 0.242. The van der Waals surface area contributed by atoms with E-state index in [1.54, 1.807) is 0 Å². The summed E-state index contributed by atoms with van der Waals surface area (Å²) in [4.78, 5) is 0. The minimum atomic E-state index is 0.277. The van der Waals surface area contributed by atoms with Crippen molar-refractivity contribution in [3.8, 4) is 5.75 Å². The fourth-order valence-electron chi connectivity index (χ4n) is 2.53. The molecule has 0 aliphatic heterocycles. The van der Waals surface area contributed by atoms with Crippen LogP contribution in [0.15, 0.2) is 24.3 Å². The molecule has 1 aromatic rings. The van der Waals surface area contributed by atoms with Crippen LogP contribution in [0.3, 0.4) is 0 Å². The zero-order chi connectivity index (χ0) is 13.7. The molecular weight excluding hydrogens is 238 g/mol. The number of rotatable bonds is 8. The summed E-state index contributed by atoms with van der Waals surface area (Å²) in [5.41, 5.74) is 1.56. The average molecular weight is 263 g/mol. The first kappa shape index (κ1) is 14.4. The van der Waals surface area contributed by atoms with Gasteiger partial charge in [-0.25, -0.2) is 0 Å². The number of aliphatic hydroxyl groups is 1. The van der Waals surface area contributed by atoms with Gasteiger partial charge in [0, 0.05) is 24.8 Å². The highest BCUT2D eigenvalue weighted by Crippen LogP contribution is 2.48. The van der Waals surface area contributed by atoms with E-state index in [4.69, 9.17) is 9.84 Å². The van der Waals surface area contributed by atoms with E-state index in [-0.39, 0.29) is 6.04 Å². The van der Waals surface area contributed by atoms with Crippen molar-refractivity contribution < 1.29 is 9.84 Å². The van der Waals surface area contributed by atoms with Crippen LogP contribution in [-0.2, 0) is 0 Å². The van der Waals surface area contributed by atoms with Crippen molar-refractivity contribution >= 4 is 0 Å². The first-order valence-electron chi connectivity index (χ1n) is 7.27. The van der Waals surface area contributed by atoms with E-state index in [2.05, 4.69) is 24.4 Å². The van der Waals surface area contributed by atoms with Gasteiger partial charge >= 0.3 is 0 Å². The molecule has 0 heterocycles. The van der Waals surface area contributed by atoms with Crippen LogP contribution in [-0.4, -0.2) is 24.9 Å². The highest BCUT2D eigenvalue weighted by molar-refractivity contribution is 5.35. The lowest BCUT2D eigenvalue weighted by Crippen LogP contribution is -2.27. The molecule has 1 aromatic carbocycles. The van der Waals surface area contributed by atoms with E-state index in [0.717, 1.165) is 18.7 Å². The van der Waals surface area contributed by atoms with E-state index in [9.17, 15) is 0 Å². The van der Waals surface area contributed by atoms with Crippen molar-refractivity contribution in [3.05, 3.63) is 29.8 Å². The molecule has 3 nitrogen and oxygen atoms in total. The number of hydrogen-bond acceptors (Lipinski definition) is 3. The largest absolute Gasteiger partial charge is 0.494 e. The van der Waals surface area contributed by atoms with E-state index in [0.29, 0.717) is 18.6 Å². The summed E-state index contributed by atoms with van der Waals surface area (Å²) in [6.45, 7) is 6.15. The van der Waals surface area contributed by atoms with Crippen LogP contribution in [0, 0.1) is 5.41 Å². The Morgan fingerprint density at radius 2 is 2.11 bits per heavy atom. The van der Waals surface area contributed by atoms with Crippen molar-refractivity contribution in [2.75, 3.05) is 19.8 Å². The molecule has 3 heteroatoms. The Labute approximate surface area is 116 Å². The van der Waals surface area contributed by atoms with Gasteiger partial charge in [0.1, 0.15) is 5.75 Å². The Bertz CT molecular complexity index is 401. The fourth-order valence-corrected chi connectivity index (χ4v) is 2.53. The Kier molecular flexibility index (Phi) is 4.83. The van der Waals surface area contributed by atoms with Gasteiger partial charge in [0.25, 0.3) is 0 Å². The topological polar surface area (TPSA) is 41.5 Å². The molecule has 1 aliphatic carbocycles. The quantitative estimate of drug-likeness (QED) is 0.758. The molecule has 106 valence electrons. The Morgan fingerprint density at radius 1 is 1.37 bits per heavy atom. The smallest absolute Gasteiger partial charge is 0.124 e. The number of para-hydroxylation sites is 1. The maximum atomic E-state index is 9.09. The molecule has 0 spiro atoms. The van der Waals surface area contributed by atoms with Crippen LogP contribution in [0.5, 0.6) is 5.75 Å². The molecule has 0 saturated heterocycles. The third-order valence-electron chi connectivity index (χ3n) is 4.07. The maximum absolute atomic E-state index is 9.09. The summed E-state index contributed by atoms with van der Waals surface area (Å²) < 4.78 is 5.67. The van der Waals surface area contributed by atoms with Crippen molar-refractivity contribution in [3.63, 3.8) is 0 Å². The van der Waals surface area contributed by atoms with Crippen molar-refractivity contribution in [1.82, 2.24) is 5.32 Å². The predicted molar refractivity (Wildman–Crippen MR) is 77.4 cm³/mol. The monoisotopic (exact) mass is 263 g/mol. The first-order chi connectivity index (χ1) is 9.21. The summed E-state index contributed by atoms with van der Waals surface area (Å²) in [5, 5.41) is 12.7. The molecule has 0 radical (unpaired) electrons. The van der Waals surface area contributed by atoms with E-state index in [1.165, 1.54) is 18.4 Å². The summed E-state index contributed by atoms with van der Waals surface area (Å²) in [6, 6.07) is 8.48. The summed E-state index contributed by atoms with van der Waals surface area (Å²) in [5.74, 6) is 0.969. The zero-order valence-corrected chi connectivity index (χ0v) is 12.0. The average Bonchev–Trinajstić information content (AvgIpc) is 3.18. The first-order valence-corrected chi connectivity index (χ1v) is 7.27. The van der Waals surface area contributed by atoms with Crippen molar-refractivity contribution in [1.29, 1.82) is 0 Å². The molecule has 1 fully saturated rings. The Hall–Kier alpha value is -1.06. The van der Waals surface area contributed by atoms with Gasteiger partial charge in [0.05, 0.1) is 6.61 Å². The van der Waals surface area contributed by atoms with Crippen LogP contribution < -0.4 is 10.1 Å². The molecule has 1 atom stereocenters. The second-order valence-corrected chi connectivity index (χ2v) is 5.55. The second kappa shape index (κ2) is 6.40. The molecule has 0 amide bonds. The fraction of sp³-hybridized carbons (Fsp3) is 0.625. The molecule has 1 aliphatic rings. The normalized spacial score (nSPS) is 18.1. The molecular formula is C16H25NO2. The van der Waals surface area contributed by atoms with Gasteiger partial charge in [0.2, 0.25) is 0 Å². The predicted octanol–water partition coefficient (Wildman–Crippen LogP) is 2.90. The maximum Gasteiger partial charge on any atom is 0.124 e. The SMILES string of the molecule is CCOc1ccccc1C(C)NCC1(CCO)CC1. The second-order valence-electron chi connectivity index (χ2n) is 5.55. The van der Waals surface area contributed by atoms with Gasteiger partial charge < -0.3 is 15.2 Å². The minimum absolute atomic E-state index is 0.277. The van der Waals surface area contributed by atoms with Crippen LogP contribution in [0.4, 0.5) is 0 Å². The van der Waals surface area contributed by atoms with Gasteiger partial charge in [-0.3, -0.25) is 0 Å². The van der Waals surface area contributed by atoms with Gasteiger partial charge in [-0.05, 0) is 44.6 Å². The Balaban J connectivity index is 1.94. The number of aliphatic hydroxyl groups excluding tert-OH is 1.